The Morgan fingerprint density at radius 1 is 1.42 bits per heavy atom. The van der Waals surface area contributed by atoms with Gasteiger partial charge >= 0.3 is 6.09 Å². The Morgan fingerprint density at radius 3 is 2.50 bits per heavy atom. The van der Waals surface area contributed by atoms with Crippen molar-refractivity contribution in [1.82, 2.24) is 5.32 Å². The lowest BCUT2D eigenvalue weighted by Crippen LogP contribution is -2.21. The van der Waals surface area contributed by atoms with Crippen LogP contribution in [0, 0.1) is 0 Å². The van der Waals surface area contributed by atoms with Crippen LogP contribution in [0.4, 0.5) is 4.79 Å². The fourth-order valence-electron chi connectivity index (χ4n) is 0.661. The molecule has 0 bridgehead atoms. The predicted molar refractivity (Wildman–Crippen MR) is 46.5 cm³/mol. The minimum Gasteiger partial charge on any atom is -0.410 e. The minimum absolute atomic E-state index is 0.471. The maximum absolute atomic E-state index is 10.7. The highest BCUT2D eigenvalue weighted by Gasteiger charge is 1.99. The summed E-state index contributed by atoms with van der Waals surface area (Å²) in [6.07, 6.45) is -0.489. The molecular formula is C8H8ClNO2. The number of carbonyl (C=O) groups excluding carboxylic acids is 1. The molecule has 1 rings (SSSR count). The fraction of sp³-hybridized carbons (Fsp3) is 0.125. The van der Waals surface area contributed by atoms with Crippen molar-refractivity contribution in [2.45, 2.75) is 0 Å². The number of halogens is 1. The largest absolute Gasteiger partial charge is 0.412 e. The van der Waals surface area contributed by atoms with Gasteiger partial charge in [-0.2, -0.15) is 0 Å². The molecule has 1 N–H and O–H groups in total. The summed E-state index contributed by atoms with van der Waals surface area (Å²) in [5.41, 5.74) is 0. The molecule has 0 fully saturated rings. The molecule has 0 saturated carbocycles. The second kappa shape index (κ2) is 3.97. The summed E-state index contributed by atoms with van der Waals surface area (Å²) >= 11 is 5.63. The van der Waals surface area contributed by atoms with E-state index < -0.39 is 6.09 Å². The lowest BCUT2D eigenvalue weighted by Gasteiger charge is -2.01. The van der Waals surface area contributed by atoms with Crippen molar-refractivity contribution in [3.8, 4) is 5.75 Å². The SMILES string of the molecule is CNC(=O)Oc1ccc(Cl)cc1. The smallest absolute Gasteiger partial charge is 0.410 e. The van der Waals surface area contributed by atoms with Crippen molar-refractivity contribution in [3.05, 3.63) is 29.3 Å². The Hall–Kier alpha value is -1.22. The zero-order valence-corrected chi connectivity index (χ0v) is 7.26. The Morgan fingerprint density at radius 2 is 2.00 bits per heavy atom. The number of amides is 1. The Labute approximate surface area is 75.3 Å². The van der Waals surface area contributed by atoms with Gasteiger partial charge in [0.05, 0.1) is 0 Å². The number of hydrogen-bond donors (Lipinski definition) is 1. The molecule has 1 aromatic carbocycles. The molecule has 0 aromatic heterocycles. The van der Waals surface area contributed by atoms with Crippen LogP contribution in [-0.2, 0) is 0 Å². The van der Waals surface area contributed by atoms with E-state index in [-0.39, 0.29) is 0 Å². The van der Waals surface area contributed by atoms with Gasteiger partial charge in [-0.1, -0.05) is 11.6 Å². The summed E-state index contributed by atoms with van der Waals surface area (Å²) < 4.78 is 4.81. The summed E-state index contributed by atoms with van der Waals surface area (Å²) in [7, 11) is 1.50. The Balaban J connectivity index is 2.64. The molecule has 0 aliphatic carbocycles. The molecule has 0 saturated heterocycles. The zero-order chi connectivity index (χ0) is 8.97. The molecule has 3 nitrogen and oxygen atoms in total. The van der Waals surface area contributed by atoms with Crippen molar-refractivity contribution in [2.75, 3.05) is 7.05 Å². The maximum atomic E-state index is 10.7. The molecule has 0 radical (unpaired) electrons. The molecule has 0 heterocycles. The second-order valence-corrected chi connectivity index (χ2v) is 2.53. The van der Waals surface area contributed by atoms with Crippen molar-refractivity contribution in [3.63, 3.8) is 0 Å². The predicted octanol–water partition coefficient (Wildman–Crippen LogP) is 2.06. The van der Waals surface area contributed by atoms with Gasteiger partial charge in [0.25, 0.3) is 0 Å². The van der Waals surface area contributed by atoms with E-state index >= 15 is 0 Å². The van der Waals surface area contributed by atoms with Gasteiger partial charge in [0, 0.05) is 12.1 Å². The molecule has 0 spiro atoms. The number of carbonyl (C=O) groups is 1. The maximum Gasteiger partial charge on any atom is 0.412 e. The first kappa shape index (κ1) is 8.87. The molecule has 1 amide bonds. The molecule has 0 aliphatic rings. The van der Waals surface area contributed by atoms with Gasteiger partial charge in [-0.3, -0.25) is 0 Å². The zero-order valence-electron chi connectivity index (χ0n) is 6.50. The highest BCUT2D eigenvalue weighted by atomic mass is 35.5. The second-order valence-electron chi connectivity index (χ2n) is 2.09. The van der Waals surface area contributed by atoms with Gasteiger partial charge in [0.2, 0.25) is 0 Å². The first-order chi connectivity index (χ1) is 5.72. The summed E-state index contributed by atoms with van der Waals surface area (Å²) in [5, 5.41) is 2.94. The van der Waals surface area contributed by atoms with Crippen LogP contribution in [0.25, 0.3) is 0 Å². The molecule has 0 aliphatic heterocycles. The van der Waals surface area contributed by atoms with E-state index in [9.17, 15) is 4.79 Å². The van der Waals surface area contributed by atoms with Crippen LogP contribution in [0.2, 0.25) is 5.02 Å². The van der Waals surface area contributed by atoms with Gasteiger partial charge in [-0.25, -0.2) is 4.79 Å². The van der Waals surface area contributed by atoms with Crippen LogP contribution < -0.4 is 10.1 Å². The normalized spacial score (nSPS) is 9.17. The molecule has 0 atom stereocenters. The highest BCUT2D eigenvalue weighted by Crippen LogP contribution is 2.15. The van der Waals surface area contributed by atoms with Crippen LogP contribution in [0.3, 0.4) is 0 Å². The molecule has 64 valence electrons. The number of ether oxygens (including phenoxy) is 1. The van der Waals surface area contributed by atoms with Gasteiger partial charge in [0.15, 0.2) is 0 Å². The lowest BCUT2D eigenvalue weighted by molar-refractivity contribution is 0.203. The molecule has 0 unspecified atom stereocenters. The molecule has 12 heavy (non-hydrogen) atoms. The summed E-state index contributed by atoms with van der Waals surface area (Å²) in [4.78, 5) is 10.7. The van der Waals surface area contributed by atoms with Gasteiger partial charge in [0.1, 0.15) is 5.75 Å². The molecular weight excluding hydrogens is 178 g/mol. The van der Waals surface area contributed by atoms with Gasteiger partial charge in [-0.05, 0) is 24.3 Å². The summed E-state index contributed by atoms with van der Waals surface area (Å²) in [6.45, 7) is 0. The third-order valence-electron chi connectivity index (χ3n) is 1.23. The fourth-order valence-corrected chi connectivity index (χ4v) is 0.787. The average molecular weight is 186 g/mol. The Kier molecular flexibility index (Phi) is 2.94. The summed E-state index contributed by atoms with van der Waals surface area (Å²) in [6, 6.07) is 6.55. The summed E-state index contributed by atoms with van der Waals surface area (Å²) in [5.74, 6) is 0.471. The monoisotopic (exact) mass is 185 g/mol. The standard InChI is InChI=1S/C8H8ClNO2/c1-10-8(11)12-7-4-2-6(9)3-5-7/h2-5H,1H3,(H,10,11). The quantitative estimate of drug-likeness (QED) is 0.728. The van der Waals surface area contributed by atoms with E-state index in [0.29, 0.717) is 10.8 Å². The van der Waals surface area contributed by atoms with Gasteiger partial charge in [-0.15, -0.1) is 0 Å². The third kappa shape index (κ3) is 2.43. The van der Waals surface area contributed by atoms with Crippen LogP contribution in [0.15, 0.2) is 24.3 Å². The van der Waals surface area contributed by atoms with E-state index in [1.54, 1.807) is 24.3 Å². The molecule has 4 heteroatoms. The van der Waals surface area contributed by atoms with Crippen molar-refractivity contribution >= 4 is 17.7 Å². The number of rotatable bonds is 1. The third-order valence-corrected chi connectivity index (χ3v) is 1.48. The topological polar surface area (TPSA) is 38.3 Å². The van der Waals surface area contributed by atoms with Crippen LogP contribution in [0.5, 0.6) is 5.75 Å². The van der Waals surface area contributed by atoms with E-state index in [1.165, 1.54) is 7.05 Å². The Bertz CT molecular complexity index is 271. The van der Waals surface area contributed by atoms with Gasteiger partial charge < -0.3 is 10.1 Å². The van der Waals surface area contributed by atoms with Crippen LogP contribution >= 0.6 is 11.6 Å². The number of nitrogens with one attached hydrogen (secondary N) is 1. The first-order valence-electron chi connectivity index (χ1n) is 3.37. The highest BCUT2D eigenvalue weighted by molar-refractivity contribution is 6.30. The van der Waals surface area contributed by atoms with Crippen molar-refractivity contribution in [1.29, 1.82) is 0 Å². The van der Waals surface area contributed by atoms with Crippen molar-refractivity contribution < 1.29 is 9.53 Å². The minimum atomic E-state index is -0.489. The van der Waals surface area contributed by atoms with E-state index in [1.807, 2.05) is 0 Å². The van der Waals surface area contributed by atoms with Crippen molar-refractivity contribution in [2.24, 2.45) is 0 Å². The van der Waals surface area contributed by atoms with E-state index in [2.05, 4.69) is 5.32 Å². The first-order valence-corrected chi connectivity index (χ1v) is 3.75. The van der Waals surface area contributed by atoms with Crippen LogP contribution in [-0.4, -0.2) is 13.1 Å². The van der Waals surface area contributed by atoms with Crippen LogP contribution in [0.1, 0.15) is 0 Å². The lowest BCUT2D eigenvalue weighted by atomic mass is 10.3. The van der Waals surface area contributed by atoms with E-state index in [0.717, 1.165) is 0 Å². The number of benzene rings is 1. The molecule has 1 aromatic rings. The van der Waals surface area contributed by atoms with E-state index in [4.69, 9.17) is 16.3 Å². The number of hydrogen-bond acceptors (Lipinski definition) is 2. The average Bonchev–Trinajstić information content (AvgIpc) is 2.09.